The van der Waals surface area contributed by atoms with Crippen LogP contribution >= 0.6 is 12.4 Å². The number of hydrogen-bond donors (Lipinski definition) is 1. The zero-order valence-electron chi connectivity index (χ0n) is 16.9. The van der Waals surface area contributed by atoms with Gasteiger partial charge in [0.2, 0.25) is 0 Å². The number of anilines is 1. The average molecular weight is 433 g/mol. The molecule has 0 radical (unpaired) electrons. The molecule has 2 aromatic carbocycles. The molecule has 3 aromatic rings. The maximum Gasteiger partial charge on any atom is 0.136 e. The van der Waals surface area contributed by atoms with Gasteiger partial charge in [0.05, 0.1) is 0 Å². The van der Waals surface area contributed by atoms with Crippen LogP contribution in [-0.2, 0) is 6.54 Å². The van der Waals surface area contributed by atoms with Crippen molar-refractivity contribution in [1.29, 1.82) is 0 Å². The fraction of sp³-hybridized carbons (Fsp3) is 0.348. The van der Waals surface area contributed by atoms with Crippen molar-refractivity contribution in [2.45, 2.75) is 13.0 Å². The van der Waals surface area contributed by atoms with Gasteiger partial charge in [-0.15, -0.1) is 12.4 Å². The molecule has 1 aliphatic heterocycles. The number of fused-ring (bicyclic) bond motifs is 1. The first-order valence-electron chi connectivity index (χ1n) is 10.2. The monoisotopic (exact) mass is 432 g/mol. The number of benzene rings is 2. The molecule has 1 aliphatic rings. The van der Waals surface area contributed by atoms with E-state index in [-0.39, 0.29) is 18.2 Å². The highest BCUT2D eigenvalue weighted by Crippen LogP contribution is 2.24. The van der Waals surface area contributed by atoms with Crippen LogP contribution in [0.25, 0.3) is 10.8 Å². The van der Waals surface area contributed by atoms with Gasteiger partial charge in [0.1, 0.15) is 17.5 Å². The number of nitrogens with zero attached hydrogens (tertiary/aromatic N) is 3. The van der Waals surface area contributed by atoms with E-state index in [1.807, 2.05) is 6.20 Å². The molecule has 1 saturated heterocycles. The van der Waals surface area contributed by atoms with Crippen LogP contribution in [0.3, 0.4) is 0 Å². The minimum Gasteiger partial charge on any atom is -0.354 e. The van der Waals surface area contributed by atoms with E-state index in [1.54, 1.807) is 0 Å². The standard InChI is InChI=1S/C23H26F2N4.ClH/c24-20-6-7-22(25)19(16-20)17-26-9-3-11-28-12-14-29(15-13-28)23-21-5-2-1-4-18(21)8-10-27-23;/h1-2,4-8,10,16,26H,3,9,11-15,17H2;1H. The normalized spacial score (nSPS) is 14.7. The van der Waals surface area contributed by atoms with Crippen LogP contribution in [0.4, 0.5) is 14.6 Å². The van der Waals surface area contributed by atoms with Gasteiger partial charge in [0, 0.05) is 49.9 Å². The van der Waals surface area contributed by atoms with E-state index < -0.39 is 5.82 Å². The number of piperazine rings is 1. The van der Waals surface area contributed by atoms with Gasteiger partial charge in [-0.3, -0.25) is 4.90 Å². The van der Waals surface area contributed by atoms with Crippen molar-refractivity contribution in [3.05, 3.63) is 71.9 Å². The second-order valence-electron chi connectivity index (χ2n) is 7.45. The summed E-state index contributed by atoms with van der Waals surface area (Å²) in [6, 6.07) is 14.0. The highest BCUT2D eigenvalue weighted by atomic mass is 35.5. The Kier molecular flexibility index (Phi) is 7.96. The van der Waals surface area contributed by atoms with E-state index in [0.29, 0.717) is 12.1 Å². The van der Waals surface area contributed by atoms with E-state index in [0.717, 1.165) is 57.6 Å². The predicted octanol–water partition coefficient (Wildman–Crippen LogP) is 4.24. The molecular formula is C23H27ClF2N4. The molecule has 4 rings (SSSR count). The zero-order valence-corrected chi connectivity index (χ0v) is 17.7. The van der Waals surface area contributed by atoms with E-state index in [2.05, 4.69) is 50.4 Å². The lowest BCUT2D eigenvalue weighted by molar-refractivity contribution is 0.253. The molecule has 0 atom stereocenters. The molecule has 0 unspecified atom stereocenters. The van der Waals surface area contributed by atoms with E-state index in [4.69, 9.17) is 0 Å². The summed E-state index contributed by atoms with van der Waals surface area (Å²) in [6.07, 6.45) is 2.86. The molecule has 30 heavy (non-hydrogen) atoms. The average Bonchev–Trinajstić information content (AvgIpc) is 2.76. The Balaban J connectivity index is 0.00000256. The molecular weight excluding hydrogens is 406 g/mol. The van der Waals surface area contributed by atoms with E-state index in [1.165, 1.54) is 22.9 Å². The fourth-order valence-electron chi connectivity index (χ4n) is 3.87. The number of nitrogens with one attached hydrogen (secondary N) is 1. The summed E-state index contributed by atoms with van der Waals surface area (Å²) in [6.45, 7) is 6.05. The Bertz CT molecular complexity index is 956. The first-order valence-corrected chi connectivity index (χ1v) is 10.2. The molecule has 0 saturated carbocycles. The zero-order chi connectivity index (χ0) is 20.1. The van der Waals surface area contributed by atoms with E-state index in [9.17, 15) is 8.78 Å². The van der Waals surface area contributed by atoms with Crippen molar-refractivity contribution < 1.29 is 8.78 Å². The van der Waals surface area contributed by atoms with Gasteiger partial charge in [-0.25, -0.2) is 13.8 Å². The Morgan fingerprint density at radius 2 is 1.77 bits per heavy atom. The second-order valence-corrected chi connectivity index (χ2v) is 7.45. The third-order valence-electron chi connectivity index (χ3n) is 5.48. The Morgan fingerprint density at radius 1 is 0.967 bits per heavy atom. The van der Waals surface area contributed by atoms with Crippen LogP contribution in [0, 0.1) is 11.6 Å². The number of rotatable bonds is 7. The Morgan fingerprint density at radius 3 is 2.60 bits per heavy atom. The van der Waals surface area contributed by atoms with Crippen molar-refractivity contribution in [3.8, 4) is 0 Å². The lowest BCUT2D eigenvalue weighted by Gasteiger charge is -2.35. The van der Waals surface area contributed by atoms with Crippen LogP contribution in [0.15, 0.2) is 54.7 Å². The maximum absolute atomic E-state index is 13.6. The number of halogens is 3. The van der Waals surface area contributed by atoms with Crippen LogP contribution < -0.4 is 10.2 Å². The number of hydrogen-bond acceptors (Lipinski definition) is 4. The summed E-state index contributed by atoms with van der Waals surface area (Å²) in [4.78, 5) is 9.44. The molecule has 7 heteroatoms. The van der Waals surface area contributed by atoms with Crippen molar-refractivity contribution in [2.75, 3.05) is 44.2 Å². The van der Waals surface area contributed by atoms with Crippen LogP contribution in [0.2, 0.25) is 0 Å². The minimum atomic E-state index is -0.401. The number of pyridine rings is 1. The molecule has 2 heterocycles. The smallest absolute Gasteiger partial charge is 0.136 e. The largest absolute Gasteiger partial charge is 0.354 e. The second kappa shape index (κ2) is 10.7. The van der Waals surface area contributed by atoms with Crippen LogP contribution in [0.1, 0.15) is 12.0 Å². The van der Waals surface area contributed by atoms with Crippen LogP contribution in [-0.4, -0.2) is 49.2 Å². The molecule has 1 aromatic heterocycles. The Labute approximate surface area is 182 Å². The highest BCUT2D eigenvalue weighted by Gasteiger charge is 2.19. The SMILES string of the molecule is Cl.Fc1ccc(F)c(CNCCCN2CCN(c3nccc4ccccc34)CC2)c1. The van der Waals surface area contributed by atoms with E-state index >= 15 is 0 Å². The summed E-state index contributed by atoms with van der Waals surface area (Å²) in [5, 5.41) is 5.64. The Hall–Kier alpha value is -2.28. The first-order chi connectivity index (χ1) is 14.2. The minimum absolute atomic E-state index is 0. The fourth-order valence-corrected chi connectivity index (χ4v) is 3.87. The molecule has 0 spiro atoms. The van der Waals surface area contributed by atoms with Crippen molar-refractivity contribution in [3.63, 3.8) is 0 Å². The quantitative estimate of drug-likeness (QED) is 0.566. The molecule has 0 bridgehead atoms. The third-order valence-corrected chi connectivity index (χ3v) is 5.48. The molecule has 1 fully saturated rings. The van der Waals surface area contributed by atoms with Crippen molar-refractivity contribution in [2.24, 2.45) is 0 Å². The van der Waals surface area contributed by atoms with Gasteiger partial charge in [-0.2, -0.15) is 0 Å². The summed E-state index contributed by atoms with van der Waals surface area (Å²) in [5.74, 6) is 0.306. The van der Waals surface area contributed by atoms with Gasteiger partial charge in [0.25, 0.3) is 0 Å². The first kappa shape index (κ1) is 22.4. The molecule has 0 amide bonds. The molecule has 1 N–H and O–H groups in total. The lowest BCUT2D eigenvalue weighted by Crippen LogP contribution is -2.47. The van der Waals surface area contributed by atoms with Gasteiger partial charge < -0.3 is 10.2 Å². The molecule has 4 nitrogen and oxygen atoms in total. The number of aromatic nitrogens is 1. The lowest BCUT2D eigenvalue weighted by atomic mass is 10.1. The summed E-state index contributed by atoms with van der Waals surface area (Å²) in [7, 11) is 0. The van der Waals surface area contributed by atoms with Gasteiger partial charge in [-0.05, 0) is 49.2 Å². The third kappa shape index (κ3) is 5.45. The summed E-state index contributed by atoms with van der Waals surface area (Å²) < 4.78 is 26.8. The summed E-state index contributed by atoms with van der Waals surface area (Å²) in [5.41, 5.74) is 0.376. The molecule has 0 aliphatic carbocycles. The maximum atomic E-state index is 13.6. The topological polar surface area (TPSA) is 31.4 Å². The van der Waals surface area contributed by atoms with Gasteiger partial charge >= 0.3 is 0 Å². The van der Waals surface area contributed by atoms with Gasteiger partial charge in [-0.1, -0.05) is 24.3 Å². The summed E-state index contributed by atoms with van der Waals surface area (Å²) >= 11 is 0. The highest BCUT2D eigenvalue weighted by molar-refractivity contribution is 5.92. The predicted molar refractivity (Wildman–Crippen MR) is 120 cm³/mol. The van der Waals surface area contributed by atoms with Crippen molar-refractivity contribution >= 4 is 29.0 Å². The van der Waals surface area contributed by atoms with Crippen molar-refractivity contribution in [1.82, 2.24) is 15.2 Å². The van der Waals surface area contributed by atoms with Gasteiger partial charge in [0.15, 0.2) is 0 Å². The molecule has 160 valence electrons. The van der Waals surface area contributed by atoms with Crippen LogP contribution in [0.5, 0.6) is 0 Å².